The molecule has 0 radical (unpaired) electrons. The summed E-state index contributed by atoms with van der Waals surface area (Å²) in [6.07, 6.45) is 6.42. The fraction of sp³-hybridized carbons (Fsp3) is 0.200. The number of ether oxygens (including phenoxy) is 1. The Labute approximate surface area is 157 Å². The molecule has 0 unspecified atom stereocenters. The van der Waals surface area contributed by atoms with Crippen LogP contribution in [0, 0.1) is 0 Å². The van der Waals surface area contributed by atoms with E-state index in [-0.39, 0.29) is 0 Å². The minimum absolute atomic E-state index is 0.508. The first-order valence-electron chi connectivity index (χ1n) is 8.65. The molecule has 2 aromatic carbocycles. The maximum atomic E-state index is 6.04. The zero-order valence-electron chi connectivity index (χ0n) is 15.0. The highest BCUT2D eigenvalue weighted by molar-refractivity contribution is 5.63. The van der Waals surface area contributed by atoms with Crippen LogP contribution in [0.5, 0.6) is 0 Å². The summed E-state index contributed by atoms with van der Waals surface area (Å²) >= 11 is 0. The van der Waals surface area contributed by atoms with Crippen LogP contribution in [0.1, 0.15) is 5.56 Å². The SMILES string of the molecule is COC(Cn1cncn1)(Cn1cncn1)c1ccc(-c2ccccc2)cc1. The van der Waals surface area contributed by atoms with Crippen molar-refractivity contribution in [2.75, 3.05) is 7.11 Å². The van der Waals surface area contributed by atoms with Gasteiger partial charge in [-0.25, -0.2) is 19.3 Å². The van der Waals surface area contributed by atoms with Crippen molar-refractivity contribution in [2.45, 2.75) is 18.7 Å². The van der Waals surface area contributed by atoms with Gasteiger partial charge in [-0.05, 0) is 16.7 Å². The summed E-state index contributed by atoms with van der Waals surface area (Å²) < 4.78 is 9.58. The number of hydrogen-bond acceptors (Lipinski definition) is 5. The summed E-state index contributed by atoms with van der Waals surface area (Å²) in [5.41, 5.74) is 2.72. The number of nitrogens with zero attached hydrogens (tertiary/aromatic N) is 6. The minimum atomic E-state index is -0.656. The topological polar surface area (TPSA) is 70.7 Å². The lowest BCUT2D eigenvalue weighted by Crippen LogP contribution is -2.38. The summed E-state index contributed by atoms with van der Waals surface area (Å²) in [6, 6.07) is 18.7. The van der Waals surface area contributed by atoms with Gasteiger partial charge in [0.1, 0.15) is 30.9 Å². The standard InChI is InChI=1S/C20H20N6O/c1-27-20(11-25-15-21-13-23-25,12-26-16-22-14-24-26)19-9-7-18(8-10-19)17-5-3-2-4-6-17/h2-10,13-16H,11-12H2,1H3. The molecule has 0 bridgehead atoms. The van der Waals surface area contributed by atoms with E-state index in [1.54, 1.807) is 29.1 Å². The zero-order chi connectivity index (χ0) is 18.5. The Morgan fingerprint density at radius 1 is 0.778 bits per heavy atom. The molecule has 7 nitrogen and oxygen atoms in total. The van der Waals surface area contributed by atoms with E-state index in [1.165, 1.54) is 18.2 Å². The fourth-order valence-corrected chi connectivity index (χ4v) is 3.23. The number of rotatable bonds is 7. The van der Waals surface area contributed by atoms with Crippen molar-refractivity contribution in [2.24, 2.45) is 0 Å². The number of benzene rings is 2. The van der Waals surface area contributed by atoms with Gasteiger partial charge >= 0.3 is 0 Å². The molecule has 4 aromatic rings. The second-order valence-corrected chi connectivity index (χ2v) is 6.33. The van der Waals surface area contributed by atoms with Gasteiger partial charge in [-0.2, -0.15) is 10.2 Å². The van der Waals surface area contributed by atoms with Crippen LogP contribution in [0.25, 0.3) is 11.1 Å². The first-order chi connectivity index (χ1) is 13.3. The molecular formula is C20H20N6O. The van der Waals surface area contributed by atoms with Crippen LogP contribution in [0.15, 0.2) is 79.9 Å². The van der Waals surface area contributed by atoms with Gasteiger partial charge in [0.25, 0.3) is 0 Å². The summed E-state index contributed by atoms with van der Waals surface area (Å²) in [5.74, 6) is 0. The van der Waals surface area contributed by atoms with Crippen LogP contribution in [-0.2, 0) is 23.4 Å². The molecular weight excluding hydrogens is 340 g/mol. The molecule has 4 rings (SSSR count). The first-order valence-corrected chi connectivity index (χ1v) is 8.65. The Balaban J connectivity index is 1.70. The molecule has 0 aliphatic heterocycles. The Bertz CT molecular complexity index is 913. The van der Waals surface area contributed by atoms with Crippen molar-refractivity contribution in [3.8, 4) is 11.1 Å². The highest BCUT2D eigenvalue weighted by atomic mass is 16.5. The second-order valence-electron chi connectivity index (χ2n) is 6.33. The zero-order valence-corrected chi connectivity index (χ0v) is 15.0. The van der Waals surface area contributed by atoms with Crippen molar-refractivity contribution in [3.05, 3.63) is 85.5 Å². The molecule has 0 saturated heterocycles. The number of methoxy groups -OCH3 is 1. The van der Waals surface area contributed by atoms with Gasteiger partial charge in [-0.1, -0.05) is 54.6 Å². The average molecular weight is 360 g/mol. The van der Waals surface area contributed by atoms with Gasteiger partial charge in [0.15, 0.2) is 0 Å². The predicted octanol–water partition coefficient (Wildman–Crippen LogP) is 2.78. The van der Waals surface area contributed by atoms with Gasteiger partial charge in [0, 0.05) is 7.11 Å². The third-order valence-electron chi connectivity index (χ3n) is 4.68. The van der Waals surface area contributed by atoms with E-state index in [0.717, 1.165) is 11.1 Å². The van der Waals surface area contributed by atoms with E-state index in [9.17, 15) is 0 Å². The molecule has 0 fully saturated rings. The molecule has 0 aliphatic rings. The Morgan fingerprint density at radius 2 is 1.33 bits per heavy atom. The molecule has 0 aliphatic carbocycles. The molecule has 0 atom stereocenters. The Morgan fingerprint density at radius 3 is 1.81 bits per heavy atom. The molecule has 27 heavy (non-hydrogen) atoms. The van der Waals surface area contributed by atoms with Crippen LogP contribution in [0.4, 0.5) is 0 Å². The maximum absolute atomic E-state index is 6.04. The lowest BCUT2D eigenvalue weighted by molar-refractivity contribution is -0.0486. The van der Waals surface area contributed by atoms with Gasteiger partial charge in [0.2, 0.25) is 0 Å². The van der Waals surface area contributed by atoms with Gasteiger partial charge in [-0.15, -0.1) is 0 Å². The summed E-state index contributed by atoms with van der Waals surface area (Å²) in [5, 5.41) is 8.50. The first kappa shape index (κ1) is 17.1. The van der Waals surface area contributed by atoms with Crippen molar-refractivity contribution in [3.63, 3.8) is 0 Å². The number of hydrogen-bond donors (Lipinski definition) is 0. The van der Waals surface area contributed by atoms with Crippen molar-refractivity contribution in [1.29, 1.82) is 0 Å². The van der Waals surface area contributed by atoms with E-state index in [1.807, 2.05) is 18.2 Å². The highest BCUT2D eigenvalue weighted by Gasteiger charge is 2.34. The molecule has 2 aromatic heterocycles. The quantitative estimate of drug-likeness (QED) is 0.507. The molecule has 0 amide bonds. The highest BCUT2D eigenvalue weighted by Crippen LogP contribution is 2.31. The van der Waals surface area contributed by atoms with Crippen LogP contribution in [-0.4, -0.2) is 36.6 Å². The molecule has 0 N–H and O–H groups in total. The van der Waals surface area contributed by atoms with Gasteiger partial charge < -0.3 is 4.74 Å². The second kappa shape index (κ2) is 7.51. The monoisotopic (exact) mass is 360 g/mol. The summed E-state index contributed by atoms with van der Waals surface area (Å²) in [6.45, 7) is 1.02. The average Bonchev–Trinajstić information content (AvgIpc) is 3.42. The largest absolute Gasteiger partial charge is 0.370 e. The summed E-state index contributed by atoms with van der Waals surface area (Å²) in [7, 11) is 1.71. The van der Waals surface area contributed by atoms with E-state index in [0.29, 0.717) is 13.1 Å². The lowest BCUT2D eigenvalue weighted by atomic mass is 9.91. The van der Waals surface area contributed by atoms with Crippen molar-refractivity contribution < 1.29 is 4.74 Å². The molecule has 2 heterocycles. The normalized spacial score (nSPS) is 11.6. The Hall–Kier alpha value is -3.32. The third kappa shape index (κ3) is 3.63. The van der Waals surface area contributed by atoms with E-state index >= 15 is 0 Å². The predicted molar refractivity (Wildman–Crippen MR) is 101 cm³/mol. The van der Waals surface area contributed by atoms with Crippen LogP contribution >= 0.6 is 0 Å². The van der Waals surface area contributed by atoms with E-state index in [4.69, 9.17) is 4.74 Å². The summed E-state index contributed by atoms with van der Waals surface area (Å²) in [4.78, 5) is 8.09. The van der Waals surface area contributed by atoms with E-state index < -0.39 is 5.60 Å². The van der Waals surface area contributed by atoms with Crippen LogP contribution < -0.4 is 0 Å². The van der Waals surface area contributed by atoms with Gasteiger partial charge in [-0.3, -0.25) is 0 Å². The smallest absolute Gasteiger partial charge is 0.137 e. The molecule has 136 valence electrons. The molecule has 0 spiro atoms. The maximum Gasteiger partial charge on any atom is 0.137 e. The molecule has 0 saturated carbocycles. The Kier molecular flexibility index (Phi) is 4.76. The van der Waals surface area contributed by atoms with Crippen molar-refractivity contribution >= 4 is 0 Å². The van der Waals surface area contributed by atoms with Crippen LogP contribution in [0.2, 0.25) is 0 Å². The third-order valence-corrected chi connectivity index (χ3v) is 4.68. The molecule has 7 heteroatoms. The lowest BCUT2D eigenvalue weighted by Gasteiger charge is -2.32. The number of aromatic nitrogens is 6. The van der Waals surface area contributed by atoms with Crippen LogP contribution in [0.3, 0.4) is 0 Å². The van der Waals surface area contributed by atoms with Gasteiger partial charge in [0.05, 0.1) is 13.1 Å². The van der Waals surface area contributed by atoms with Crippen molar-refractivity contribution in [1.82, 2.24) is 29.5 Å². The minimum Gasteiger partial charge on any atom is -0.370 e. The fourth-order valence-electron chi connectivity index (χ4n) is 3.23. The van der Waals surface area contributed by atoms with E-state index in [2.05, 4.69) is 56.6 Å².